The molecule has 5 nitrogen and oxygen atoms in total. The summed E-state index contributed by atoms with van der Waals surface area (Å²) in [6.07, 6.45) is 0. The van der Waals surface area contributed by atoms with Crippen molar-refractivity contribution in [3.05, 3.63) is 52.2 Å². The molecule has 1 aromatic carbocycles. The van der Waals surface area contributed by atoms with Gasteiger partial charge in [-0.05, 0) is 37.1 Å². The SMILES string of the molecule is Cc1nnc(SCc2cccc(C(=O)N(C)C)c2)c(C#N)c1C. The Balaban J connectivity index is 2.20. The third kappa shape index (κ3) is 3.88. The van der Waals surface area contributed by atoms with Gasteiger partial charge in [-0.25, -0.2) is 0 Å². The van der Waals surface area contributed by atoms with Gasteiger partial charge in [0.25, 0.3) is 5.91 Å². The molecule has 0 spiro atoms. The summed E-state index contributed by atoms with van der Waals surface area (Å²) in [5.74, 6) is 0.598. The van der Waals surface area contributed by atoms with Crippen LogP contribution >= 0.6 is 11.8 Å². The quantitative estimate of drug-likeness (QED) is 0.808. The summed E-state index contributed by atoms with van der Waals surface area (Å²) in [5, 5.41) is 18.2. The average molecular weight is 326 g/mol. The van der Waals surface area contributed by atoms with Crippen molar-refractivity contribution in [2.24, 2.45) is 0 Å². The fraction of sp³-hybridized carbons (Fsp3) is 0.294. The first-order chi connectivity index (χ1) is 10.9. The Kier molecular flexibility index (Phi) is 5.35. The molecule has 0 saturated heterocycles. The maximum absolute atomic E-state index is 12.0. The van der Waals surface area contributed by atoms with Gasteiger partial charge in [-0.15, -0.1) is 5.10 Å². The molecule has 0 bridgehead atoms. The largest absolute Gasteiger partial charge is 0.345 e. The molecule has 118 valence electrons. The number of nitriles is 1. The summed E-state index contributed by atoms with van der Waals surface area (Å²) in [6.45, 7) is 3.72. The monoisotopic (exact) mass is 326 g/mol. The summed E-state index contributed by atoms with van der Waals surface area (Å²) >= 11 is 1.46. The summed E-state index contributed by atoms with van der Waals surface area (Å²) in [4.78, 5) is 13.6. The first-order valence-electron chi connectivity index (χ1n) is 7.11. The molecule has 1 aromatic heterocycles. The standard InChI is InChI=1S/C17H18N4OS/c1-11-12(2)19-20-16(15(11)9-18)23-10-13-6-5-7-14(8-13)17(22)21(3)4/h5-8H,10H2,1-4H3. The lowest BCUT2D eigenvalue weighted by Gasteiger charge is -2.11. The first kappa shape index (κ1) is 17.0. The van der Waals surface area contributed by atoms with Gasteiger partial charge in [0.15, 0.2) is 0 Å². The van der Waals surface area contributed by atoms with Crippen LogP contribution in [-0.2, 0) is 5.75 Å². The Labute approximate surface area is 140 Å². The molecule has 0 aliphatic heterocycles. The Bertz CT molecular complexity index is 781. The van der Waals surface area contributed by atoms with E-state index in [0.29, 0.717) is 21.9 Å². The molecule has 1 heterocycles. The van der Waals surface area contributed by atoms with E-state index in [9.17, 15) is 10.1 Å². The Morgan fingerprint density at radius 3 is 2.70 bits per heavy atom. The van der Waals surface area contributed by atoms with Gasteiger partial charge in [-0.1, -0.05) is 23.9 Å². The number of amides is 1. The predicted molar refractivity (Wildman–Crippen MR) is 90.2 cm³/mol. The number of aromatic nitrogens is 2. The minimum absolute atomic E-state index is 0.0273. The number of thioether (sulfide) groups is 1. The first-order valence-corrected chi connectivity index (χ1v) is 8.10. The van der Waals surface area contributed by atoms with Gasteiger partial charge < -0.3 is 4.90 Å². The van der Waals surface area contributed by atoms with Crippen molar-refractivity contribution in [3.8, 4) is 6.07 Å². The fourth-order valence-electron chi connectivity index (χ4n) is 2.02. The zero-order chi connectivity index (χ0) is 17.0. The van der Waals surface area contributed by atoms with Crippen LogP contribution in [0.1, 0.15) is 32.7 Å². The van der Waals surface area contributed by atoms with E-state index in [1.54, 1.807) is 25.1 Å². The molecule has 6 heteroatoms. The number of hydrogen-bond donors (Lipinski definition) is 0. The highest BCUT2D eigenvalue weighted by atomic mass is 32.2. The average Bonchev–Trinajstić information content (AvgIpc) is 2.55. The van der Waals surface area contributed by atoms with Crippen molar-refractivity contribution in [1.82, 2.24) is 15.1 Å². The van der Waals surface area contributed by atoms with Crippen LogP contribution in [-0.4, -0.2) is 35.1 Å². The lowest BCUT2D eigenvalue weighted by Crippen LogP contribution is -2.21. The molecule has 0 N–H and O–H groups in total. The van der Waals surface area contributed by atoms with Crippen LogP contribution < -0.4 is 0 Å². The van der Waals surface area contributed by atoms with E-state index >= 15 is 0 Å². The highest BCUT2D eigenvalue weighted by Gasteiger charge is 2.12. The smallest absolute Gasteiger partial charge is 0.253 e. The maximum atomic E-state index is 12.0. The molecule has 0 aliphatic rings. The summed E-state index contributed by atoms with van der Waals surface area (Å²) in [5.41, 5.74) is 3.86. The Morgan fingerprint density at radius 2 is 2.04 bits per heavy atom. The molecule has 2 aromatic rings. The van der Waals surface area contributed by atoms with E-state index in [2.05, 4.69) is 16.3 Å². The zero-order valence-corrected chi connectivity index (χ0v) is 14.4. The molecular weight excluding hydrogens is 308 g/mol. The lowest BCUT2D eigenvalue weighted by atomic mass is 10.1. The third-order valence-electron chi connectivity index (χ3n) is 3.49. The van der Waals surface area contributed by atoms with E-state index < -0.39 is 0 Å². The van der Waals surface area contributed by atoms with Gasteiger partial charge in [0.05, 0.1) is 11.3 Å². The number of carbonyl (C=O) groups is 1. The van der Waals surface area contributed by atoms with Crippen LogP contribution in [0.4, 0.5) is 0 Å². The van der Waals surface area contributed by atoms with Crippen molar-refractivity contribution in [2.75, 3.05) is 14.1 Å². The third-order valence-corrected chi connectivity index (χ3v) is 4.53. The van der Waals surface area contributed by atoms with Crippen LogP contribution in [0.3, 0.4) is 0 Å². The van der Waals surface area contributed by atoms with E-state index in [4.69, 9.17) is 0 Å². The van der Waals surface area contributed by atoms with Gasteiger partial charge in [-0.2, -0.15) is 10.4 Å². The van der Waals surface area contributed by atoms with Gasteiger partial charge in [0.1, 0.15) is 11.1 Å². The number of hydrogen-bond acceptors (Lipinski definition) is 5. The topological polar surface area (TPSA) is 69.9 Å². The molecule has 0 radical (unpaired) electrons. The molecule has 1 amide bonds. The molecule has 0 fully saturated rings. The van der Waals surface area contributed by atoms with E-state index in [-0.39, 0.29) is 5.91 Å². The van der Waals surface area contributed by atoms with Crippen LogP contribution in [0, 0.1) is 25.2 Å². The number of benzene rings is 1. The zero-order valence-electron chi connectivity index (χ0n) is 13.6. The van der Waals surface area contributed by atoms with Crippen molar-refractivity contribution < 1.29 is 4.79 Å². The second kappa shape index (κ2) is 7.25. The highest BCUT2D eigenvalue weighted by Crippen LogP contribution is 2.26. The van der Waals surface area contributed by atoms with E-state index in [1.165, 1.54) is 11.8 Å². The van der Waals surface area contributed by atoms with E-state index in [0.717, 1.165) is 16.8 Å². The van der Waals surface area contributed by atoms with Crippen molar-refractivity contribution >= 4 is 17.7 Å². The van der Waals surface area contributed by atoms with Gasteiger partial charge in [-0.3, -0.25) is 4.79 Å². The molecule has 0 aliphatic carbocycles. The van der Waals surface area contributed by atoms with Crippen LogP contribution in [0.2, 0.25) is 0 Å². The number of nitrogens with zero attached hydrogens (tertiary/aromatic N) is 4. The van der Waals surface area contributed by atoms with Gasteiger partial charge in [0, 0.05) is 25.4 Å². The molecule has 0 unspecified atom stereocenters. The van der Waals surface area contributed by atoms with Gasteiger partial charge in [0.2, 0.25) is 0 Å². The highest BCUT2D eigenvalue weighted by molar-refractivity contribution is 7.98. The minimum Gasteiger partial charge on any atom is -0.345 e. The fourth-order valence-corrected chi connectivity index (χ4v) is 2.95. The summed E-state index contributed by atoms with van der Waals surface area (Å²) in [6, 6.07) is 9.69. The summed E-state index contributed by atoms with van der Waals surface area (Å²) < 4.78 is 0. The number of carbonyl (C=O) groups excluding carboxylic acids is 1. The number of rotatable bonds is 4. The van der Waals surface area contributed by atoms with Gasteiger partial charge >= 0.3 is 0 Å². The predicted octanol–water partition coefficient (Wildman–Crippen LogP) is 2.96. The minimum atomic E-state index is -0.0273. The second-order valence-corrected chi connectivity index (χ2v) is 6.36. The molecule has 0 saturated carbocycles. The van der Waals surface area contributed by atoms with Crippen molar-refractivity contribution in [1.29, 1.82) is 5.26 Å². The second-order valence-electron chi connectivity index (χ2n) is 5.39. The number of aryl methyl sites for hydroxylation is 1. The normalized spacial score (nSPS) is 10.2. The van der Waals surface area contributed by atoms with E-state index in [1.807, 2.05) is 32.0 Å². The maximum Gasteiger partial charge on any atom is 0.253 e. The molecule has 23 heavy (non-hydrogen) atoms. The molecular formula is C17H18N4OS. The molecule has 0 atom stereocenters. The lowest BCUT2D eigenvalue weighted by molar-refractivity contribution is 0.0827. The van der Waals surface area contributed by atoms with Crippen molar-refractivity contribution in [3.63, 3.8) is 0 Å². The Hall–Kier alpha value is -2.39. The summed E-state index contributed by atoms with van der Waals surface area (Å²) in [7, 11) is 3.46. The Morgan fingerprint density at radius 1 is 1.30 bits per heavy atom. The van der Waals surface area contributed by atoms with Crippen LogP contribution in [0.15, 0.2) is 29.3 Å². The van der Waals surface area contributed by atoms with Crippen LogP contribution in [0.5, 0.6) is 0 Å². The van der Waals surface area contributed by atoms with Crippen LogP contribution in [0.25, 0.3) is 0 Å². The molecule has 2 rings (SSSR count). The van der Waals surface area contributed by atoms with Crippen molar-refractivity contribution in [2.45, 2.75) is 24.6 Å².